The fourth-order valence-electron chi connectivity index (χ4n) is 3.17. The fourth-order valence-corrected chi connectivity index (χ4v) is 3.17. The van der Waals surface area contributed by atoms with Crippen LogP contribution in [0.2, 0.25) is 0 Å². The van der Waals surface area contributed by atoms with Gasteiger partial charge in [0.15, 0.2) is 0 Å². The SMILES string of the molecule is COc1ccc(-c2nnc(C(=O)Nc3ccc(N4CCN(C)CC4)cc3)o2)cc1. The third-order valence-electron chi connectivity index (χ3n) is 4.95. The normalized spacial score (nSPS) is 14.6. The number of rotatable bonds is 5. The number of nitrogens with zero attached hydrogens (tertiary/aromatic N) is 4. The second-order valence-electron chi connectivity index (χ2n) is 6.93. The zero-order valence-corrected chi connectivity index (χ0v) is 16.5. The first-order valence-electron chi connectivity index (χ1n) is 9.45. The Morgan fingerprint density at radius 3 is 2.34 bits per heavy atom. The van der Waals surface area contributed by atoms with Crippen molar-refractivity contribution in [3.8, 4) is 17.2 Å². The lowest BCUT2D eigenvalue weighted by molar-refractivity contribution is 0.0991. The zero-order chi connectivity index (χ0) is 20.2. The van der Waals surface area contributed by atoms with Gasteiger partial charge >= 0.3 is 11.8 Å². The van der Waals surface area contributed by atoms with Crippen LogP contribution in [0.5, 0.6) is 5.75 Å². The molecule has 1 aliphatic heterocycles. The highest BCUT2D eigenvalue weighted by atomic mass is 16.5. The number of aromatic nitrogens is 2. The van der Waals surface area contributed by atoms with Crippen molar-refractivity contribution in [3.63, 3.8) is 0 Å². The summed E-state index contributed by atoms with van der Waals surface area (Å²) in [6.07, 6.45) is 0. The number of amides is 1. The molecule has 0 spiro atoms. The van der Waals surface area contributed by atoms with Crippen LogP contribution in [0.25, 0.3) is 11.5 Å². The molecule has 8 nitrogen and oxygen atoms in total. The lowest BCUT2D eigenvalue weighted by Gasteiger charge is -2.34. The molecule has 0 atom stereocenters. The van der Waals surface area contributed by atoms with Crippen molar-refractivity contribution in [1.82, 2.24) is 15.1 Å². The van der Waals surface area contributed by atoms with Gasteiger partial charge in [0.2, 0.25) is 5.89 Å². The predicted molar refractivity (Wildman–Crippen MR) is 110 cm³/mol. The Morgan fingerprint density at radius 1 is 1.00 bits per heavy atom. The minimum Gasteiger partial charge on any atom is -0.497 e. The molecule has 2 heterocycles. The van der Waals surface area contributed by atoms with E-state index in [9.17, 15) is 4.79 Å². The number of hydrogen-bond acceptors (Lipinski definition) is 7. The molecule has 3 aromatic rings. The van der Waals surface area contributed by atoms with Gasteiger partial charge in [-0.25, -0.2) is 0 Å². The number of carbonyl (C=O) groups is 1. The number of ether oxygens (including phenoxy) is 1. The molecular weight excluding hydrogens is 370 g/mol. The van der Waals surface area contributed by atoms with E-state index in [1.165, 1.54) is 0 Å². The molecule has 1 fully saturated rings. The summed E-state index contributed by atoms with van der Waals surface area (Å²) in [5, 5.41) is 10.6. The van der Waals surface area contributed by atoms with Crippen molar-refractivity contribution in [2.45, 2.75) is 0 Å². The molecule has 150 valence electrons. The smallest absolute Gasteiger partial charge is 0.313 e. The lowest BCUT2D eigenvalue weighted by Crippen LogP contribution is -2.44. The average Bonchev–Trinajstić information content (AvgIpc) is 3.25. The topological polar surface area (TPSA) is 83.7 Å². The molecule has 1 N–H and O–H groups in total. The van der Waals surface area contributed by atoms with E-state index in [2.05, 4.69) is 32.4 Å². The molecule has 29 heavy (non-hydrogen) atoms. The molecule has 1 amide bonds. The molecule has 1 saturated heterocycles. The van der Waals surface area contributed by atoms with Crippen LogP contribution in [0.15, 0.2) is 52.9 Å². The standard InChI is InChI=1S/C21H23N5O3/c1-25-11-13-26(14-12-25)17-7-5-16(6-8-17)22-19(27)21-24-23-20(29-21)15-3-9-18(28-2)10-4-15/h3-10H,11-14H2,1-2H3,(H,22,27). The third kappa shape index (κ3) is 4.38. The molecular formula is C21H23N5O3. The van der Waals surface area contributed by atoms with Crippen LogP contribution >= 0.6 is 0 Å². The summed E-state index contributed by atoms with van der Waals surface area (Å²) in [5.41, 5.74) is 2.54. The highest BCUT2D eigenvalue weighted by molar-refractivity contribution is 6.01. The number of anilines is 2. The van der Waals surface area contributed by atoms with E-state index < -0.39 is 5.91 Å². The minimum absolute atomic E-state index is 0.0843. The van der Waals surface area contributed by atoms with Crippen LogP contribution < -0.4 is 15.0 Å². The zero-order valence-electron chi connectivity index (χ0n) is 16.5. The van der Waals surface area contributed by atoms with Crippen molar-refractivity contribution in [2.24, 2.45) is 0 Å². The molecule has 0 saturated carbocycles. The van der Waals surface area contributed by atoms with E-state index in [1.54, 1.807) is 31.4 Å². The van der Waals surface area contributed by atoms with E-state index in [1.807, 2.05) is 24.3 Å². The summed E-state index contributed by atoms with van der Waals surface area (Å²) in [4.78, 5) is 17.1. The molecule has 0 aliphatic carbocycles. The fraction of sp³-hybridized carbons (Fsp3) is 0.286. The van der Waals surface area contributed by atoms with Crippen molar-refractivity contribution >= 4 is 17.3 Å². The van der Waals surface area contributed by atoms with Crippen molar-refractivity contribution in [2.75, 3.05) is 50.6 Å². The maximum absolute atomic E-state index is 12.4. The van der Waals surface area contributed by atoms with Gasteiger partial charge in [0, 0.05) is 43.1 Å². The van der Waals surface area contributed by atoms with Crippen LogP contribution in [-0.4, -0.2) is 61.3 Å². The summed E-state index contributed by atoms with van der Waals surface area (Å²) in [7, 11) is 3.73. The molecule has 1 aromatic heterocycles. The lowest BCUT2D eigenvalue weighted by atomic mass is 10.2. The van der Waals surface area contributed by atoms with Gasteiger partial charge in [-0.1, -0.05) is 0 Å². The molecule has 8 heteroatoms. The Morgan fingerprint density at radius 2 is 1.69 bits per heavy atom. The van der Waals surface area contributed by atoms with E-state index >= 15 is 0 Å². The Labute approximate surface area is 169 Å². The summed E-state index contributed by atoms with van der Waals surface area (Å²) in [6, 6.07) is 15.0. The minimum atomic E-state index is -0.440. The number of hydrogen-bond donors (Lipinski definition) is 1. The van der Waals surface area contributed by atoms with E-state index in [0.717, 1.165) is 37.6 Å². The van der Waals surface area contributed by atoms with Crippen LogP contribution in [-0.2, 0) is 0 Å². The van der Waals surface area contributed by atoms with Gasteiger partial charge in [0.1, 0.15) is 5.75 Å². The van der Waals surface area contributed by atoms with Gasteiger partial charge in [0.05, 0.1) is 7.11 Å². The second-order valence-corrected chi connectivity index (χ2v) is 6.93. The molecule has 0 radical (unpaired) electrons. The molecule has 4 rings (SSSR count). The monoisotopic (exact) mass is 393 g/mol. The molecule has 0 bridgehead atoms. The summed E-state index contributed by atoms with van der Waals surface area (Å²) < 4.78 is 10.6. The van der Waals surface area contributed by atoms with Gasteiger partial charge in [-0.05, 0) is 55.6 Å². The maximum Gasteiger partial charge on any atom is 0.313 e. The Bertz CT molecular complexity index is 961. The molecule has 2 aromatic carbocycles. The van der Waals surface area contributed by atoms with E-state index in [-0.39, 0.29) is 11.8 Å². The Balaban J connectivity index is 1.39. The van der Waals surface area contributed by atoms with Crippen LogP contribution in [0.3, 0.4) is 0 Å². The van der Waals surface area contributed by atoms with E-state index in [4.69, 9.17) is 9.15 Å². The van der Waals surface area contributed by atoms with Gasteiger partial charge in [0.25, 0.3) is 0 Å². The van der Waals surface area contributed by atoms with Crippen LogP contribution in [0, 0.1) is 0 Å². The number of likely N-dealkylation sites (N-methyl/N-ethyl adjacent to an activating group) is 1. The second kappa shape index (κ2) is 8.32. The first-order chi connectivity index (χ1) is 14.1. The first-order valence-corrected chi connectivity index (χ1v) is 9.45. The predicted octanol–water partition coefficient (Wildman–Crippen LogP) is 2.75. The summed E-state index contributed by atoms with van der Waals surface area (Å²) >= 11 is 0. The highest BCUT2D eigenvalue weighted by Crippen LogP contribution is 2.22. The van der Waals surface area contributed by atoms with Crippen molar-refractivity contribution < 1.29 is 13.9 Å². The number of carbonyl (C=O) groups excluding carboxylic acids is 1. The highest BCUT2D eigenvalue weighted by Gasteiger charge is 2.17. The first kappa shape index (κ1) is 18.9. The number of piperazine rings is 1. The molecule has 0 unspecified atom stereocenters. The van der Waals surface area contributed by atoms with E-state index in [0.29, 0.717) is 11.3 Å². The van der Waals surface area contributed by atoms with Gasteiger partial charge in [-0.15, -0.1) is 10.2 Å². The van der Waals surface area contributed by atoms with Gasteiger partial charge in [-0.3, -0.25) is 4.79 Å². The van der Waals surface area contributed by atoms with Crippen molar-refractivity contribution in [3.05, 3.63) is 54.4 Å². The van der Waals surface area contributed by atoms with Crippen molar-refractivity contribution in [1.29, 1.82) is 0 Å². The number of nitrogens with one attached hydrogen (secondary N) is 1. The number of benzene rings is 2. The third-order valence-corrected chi connectivity index (χ3v) is 4.95. The summed E-state index contributed by atoms with van der Waals surface area (Å²) in [6.45, 7) is 4.09. The van der Waals surface area contributed by atoms with Gasteiger partial charge in [-0.2, -0.15) is 0 Å². The van der Waals surface area contributed by atoms with Crippen LogP contribution in [0.4, 0.5) is 11.4 Å². The Kier molecular flexibility index (Phi) is 5.44. The molecule has 1 aliphatic rings. The average molecular weight is 393 g/mol. The Hall–Kier alpha value is -3.39. The van der Waals surface area contributed by atoms with Crippen LogP contribution in [0.1, 0.15) is 10.7 Å². The summed E-state index contributed by atoms with van der Waals surface area (Å²) in [5.74, 6) is 0.484. The maximum atomic E-state index is 12.4. The van der Waals surface area contributed by atoms with Gasteiger partial charge < -0.3 is 24.3 Å². The quantitative estimate of drug-likeness (QED) is 0.713. The largest absolute Gasteiger partial charge is 0.497 e. The number of methoxy groups -OCH3 is 1.